The van der Waals surface area contributed by atoms with Gasteiger partial charge < -0.3 is 5.32 Å². The first-order valence-electron chi connectivity index (χ1n) is 7.91. The first-order chi connectivity index (χ1) is 13.0. The molecular weight excluding hydrogens is 472 g/mol. The predicted octanol–water partition coefficient (Wildman–Crippen LogP) is 2.18. The molecule has 0 bridgehead atoms. The molecule has 2 aromatic carbocycles. The maximum atomic E-state index is 12.2. The van der Waals surface area contributed by atoms with Gasteiger partial charge in [-0.3, -0.25) is 9.63 Å². The summed E-state index contributed by atoms with van der Waals surface area (Å²) in [5.74, 6) is -1.66. The smallest absolute Gasteiger partial charge is 0.264 e. The second kappa shape index (κ2) is 9.14. The lowest BCUT2D eigenvalue weighted by molar-refractivity contribution is -0.113. The standard InChI is InChI=1S/C17H19BrN2O6S2/c1-20(26-2)28(24,25)16-8-6-15(7-9-16)19-17(21)12-27(22,23)11-13-4-3-5-14(18)10-13/h3-10H,11-12H2,1-2H3,(H,19,21). The van der Waals surface area contributed by atoms with E-state index in [1.807, 2.05) is 0 Å². The molecule has 1 amide bonds. The maximum absolute atomic E-state index is 12.2. The summed E-state index contributed by atoms with van der Waals surface area (Å²) in [4.78, 5) is 16.7. The molecular formula is C17H19BrN2O6S2. The van der Waals surface area contributed by atoms with Crippen molar-refractivity contribution in [1.82, 2.24) is 4.47 Å². The maximum Gasteiger partial charge on any atom is 0.264 e. The number of nitrogens with zero attached hydrogens (tertiary/aromatic N) is 1. The number of hydrogen-bond acceptors (Lipinski definition) is 6. The van der Waals surface area contributed by atoms with Crippen molar-refractivity contribution in [2.75, 3.05) is 25.2 Å². The van der Waals surface area contributed by atoms with Gasteiger partial charge in [0.05, 0.1) is 17.8 Å². The molecule has 0 atom stereocenters. The molecule has 1 N–H and O–H groups in total. The Hall–Kier alpha value is -1.79. The topological polar surface area (TPSA) is 110 Å². The fourth-order valence-corrected chi connectivity index (χ4v) is 4.97. The highest BCUT2D eigenvalue weighted by Gasteiger charge is 2.21. The Kier molecular flexibility index (Phi) is 7.34. The van der Waals surface area contributed by atoms with E-state index in [1.165, 1.54) is 38.4 Å². The van der Waals surface area contributed by atoms with Crippen LogP contribution in [0.4, 0.5) is 5.69 Å². The molecule has 28 heavy (non-hydrogen) atoms. The molecule has 0 heterocycles. The molecule has 0 spiro atoms. The summed E-state index contributed by atoms with van der Waals surface area (Å²) in [5, 5.41) is 2.45. The average Bonchev–Trinajstić information content (AvgIpc) is 2.60. The average molecular weight is 491 g/mol. The molecule has 152 valence electrons. The Morgan fingerprint density at radius 2 is 1.75 bits per heavy atom. The zero-order chi connectivity index (χ0) is 20.9. The van der Waals surface area contributed by atoms with Gasteiger partial charge in [-0.15, -0.1) is 0 Å². The summed E-state index contributed by atoms with van der Waals surface area (Å²) >= 11 is 3.27. The second-order valence-corrected chi connectivity index (χ2v) is 10.7. The van der Waals surface area contributed by atoms with Crippen LogP contribution in [0.25, 0.3) is 0 Å². The molecule has 0 aliphatic carbocycles. The molecule has 8 nitrogen and oxygen atoms in total. The van der Waals surface area contributed by atoms with E-state index in [-0.39, 0.29) is 16.3 Å². The Morgan fingerprint density at radius 1 is 1.11 bits per heavy atom. The number of sulfone groups is 1. The van der Waals surface area contributed by atoms with Crippen LogP contribution in [0, 0.1) is 0 Å². The number of anilines is 1. The van der Waals surface area contributed by atoms with E-state index >= 15 is 0 Å². The van der Waals surface area contributed by atoms with Crippen LogP contribution in [0.15, 0.2) is 57.9 Å². The first-order valence-corrected chi connectivity index (χ1v) is 12.0. The first kappa shape index (κ1) is 22.5. The quantitative estimate of drug-likeness (QED) is 0.567. The minimum Gasteiger partial charge on any atom is -0.325 e. The van der Waals surface area contributed by atoms with Crippen molar-refractivity contribution in [1.29, 1.82) is 0 Å². The molecule has 11 heteroatoms. The highest BCUT2D eigenvalue weighted by molar-refractivity contribution is 9.10. The van der Waals surface area contributed by atoms with Crippen molar-refractivity contribution >= 4 is 47.4 Å². The van der Waals surface area contributed by atoms with Crippen molar-refractivity contribution in [3.8, 4) is 0 Å². The zero-order valence-electron chi connectivity index (χ0n) is 15.1. The highest BCUT2D eigenvalue weighted by atomic mass is 79.9. The van der Waals surface area contributed by atoms with Crippen LogP contribution in [-0.4, -0.2) is 47.1 Å². The van der Waals surface area contributed by atoms with E-state index in [0.29, 0.717) is 10.0 Å². The van der Waals surface area contributed by atoms with Gasteiger partial charge in [-0.25, -0.2) is 16.8 Å². The number of hydrogen-bond donors (Lipinski definition) is 1. The monoisotopic (exact) mass is 490 g/mol. The number of carbonyl (C=O) groups is 1. The minimum atomic E-state index is -3.80. The fourth-order valence-electron chi connectivity index (χ4n) is 2.29. The van der Waals surface area contributed by atoms with Gasteiger partial charge in [0.2, 0.25) is 5.91 Å². The van der Waals surface area contributed by atoms with Crippen LogP contribution < -0.4 is 5.32 Å². The fraction of sp³-hybridized carbons (Fsp3) is 0.235. The van der Waals surface area contributed by atoms with E-state index in [1.54, 1.807) is 24.3 Å². The number of carbonyl (C=O) groups excluding carboxylic acids is 1. The Balaban J connectivity index is 2.03. The van der Waals surface area contributed by atoms with Crippen LogP contribution in [0.1, 0.15) is 5.56 Å². The Morgan fingerprint density at radius 3 is 2.32 bits per heavy atom. The predicted molar refractivity (Wildman–Crippen MR) is 109 cm³/mol. The van der Waals surface area contributed by atoms with E-state index in [0.717, 1.165) is 4.47 Å². The van der Waals surface area contributed by atoms with Gasteiger partial charge in [0.15, 0.2) is 9.84 Å². The van der Waals surface area contributed by atoms with Crippen molar-refractivity contribution in [3.05, 3.63) is 58.6 Å². The number of nitrogens with one attached hydrogen (secondary N) is 1. The molecule has 0 saturated carbocycles. The lowest BCUT2D eigenvalue weighted by Gasteiger charge is -2.14. The van der Waals surface area contributed by atoms with Crippen molar-refractivity contribution in [2.24, 2.45) is 0 Å². The summed E-state index contributed by atoms with van der Waals surface area (Å²) in [5.41, 5.74) is 0.848. The van der Waals surface area contributed by atoms with E-state index in [4.69, 9.17) is 0 Å². The summed E-state index contributed by atoms with van der Waals surface area (Å²) in [6, 6.07) is 12.1. The van der Waals surface area contributed by atoms with Crippen LogP contribution >= 0.6 is 15.9 Å². The zero-order valence-corrected chi connectivity index (χ0v) is 18.3. The number of amides is 1. The number of hydroxylamine groups is 1. The van der Waals surface area contributed by atoms with E-state index < -0.39 is 31.5 Å². The SMILES string of the molecule is CON(C)S(=O)(=O)c1ccc(NC(=O)CS(=O)(=O)Cc2cccc(Br)c2)cc1. The lowest BCUT2D eigenvalue weighted by Crippen LogP contribution is -2.26. The number of sulfonamides is 1. The molecule has 2 rings (SSSR count). The molecule has 0 fully saturated rings. The number of rotatable bonds is 8. The second-order valence-electron chi connectivity index (χ2n) is 5.83. The van der Waals surface area contributed by atoms with Crippen molar-refractivity contribution < 1.29 is 26.5 Å². The number of benzene rings is 2. The van der Waals surface area contributed by atoms with Gasteiger partial charge in [-0.05, 0) is 42.0 Å². The van der Waals surface area contributed by atoms with E-state index in [2.05, 4.69) is 26.1 Å². The molecule has 0 radical (unpaired) electrons. The van der Waals surface area contributed by atoms with Crippen LogP contribution in [0.5, 0.6) is 0 Å². The Labute approximate surface area is 172 Å². The molecule has 0 aromatic heterocycles. The normalized spacial score (nSPS) is 12.1. The van der Waals surface area contributed by atoms with Crippen LogP contribution in [0.2, 0.25) is 0 Å². The minimum absolute atomic E-state index is 0.0304. The summed E-state index contributed by atoms with van der Waals surface area (Å²) in [7, 11) is -5.00. The van der Waals surface area contributed by atoms with Gasteiger partial charge in [0.1, 0.15) is 5.75 Å². The third kappa shape index (κ3) is 6.11. The van der Waals surface area contributed by atoms with Crippen LogP contribution in [0.3, 0.4) is 0 Å². The largest absolute Gasteiger partial charge is 0.325 e. The van der Waals surface area contributed by atoms with E-state index in [9.17, 15) is 21.6 Å². The Bertz CT molecular complexity index is 1050. The molecule has 0 aliphatic heterocycles. The third-order valence-corrected chi connectivity index (χ3v) is 7.32. The van der Waals surface area contributed by atoms with Gasteiger partial charge in [-0.1, -0.05) is 32.5 Å². The van der Waals surface area contributed by atoms with Crippen LogP contribution in [-0.2, 0) is 35.2 Å². The summed E-state index contributed by atoms with van der Waals surface area (Å²) in [6.07, 6.45) is 0. The molecule has 0 saturated heterocycles. The van der Waals surface area contributed by atoms with Gasteiger partial charge in [0.25, 0.3) is 10.0 Å². The van der Waals surface area contributed by atoms with Gasteiger partial charge in [0, 0.05) is 17.2 Å². The van der Waals surface area contributed by atoms with Crippen molar-refractivity contribution in [3.63, 3.8) is 0 Å². The summed E-state index contributed by atoms with van der Waals surface area (Å²) in [6.45, 7) is 0. The molecule has 2 aromatic rings. The highest BCUT2D eigenvalue weighted by Crippen LogP contribution is 2.18. The van der Waals surface area contributed by atoms with Crippen molar-refractivity contribution in [2.45, 2.75) is 10.6 Å². The van der Waals surface area contributed by atoms with Gasteiger partial charge in [-0.2, -0.15) is 0 Å². The number of halogens is 1. The van der Waals surface area contributed by atoms with Gasteiger partial charge >= 0.3 is 0 Å². The molecule has 0 aliphatic rings. The third-order valence-electron chi connectivity index (χ3n) is 3.66. The summed E-state index contributed by atoms with van der Waals surface area (Å²) < 4.78 is 50.1. The lowest BCUT2D eigenvalue weighted by atomic mass is 10.2. The molecule has 0 unspecified atom stereocenters.